The second-order valence-corrected chi connectivity index (χ2v) is 6.54. The van der Waals surface area contributed by atoms with E-state index < -0.39 is 6.10 Å². The van der Waals surface area contributed by atoms with Crippen LogP contribution in [-0.2, 0) is 9.53 Å². The third-order valence-corrected chi connectivity index (χ3v) is 4.48. The van der Waals surface area contributed by atoms with E-state index >= 15 is 0 Å². The zero-order chi connectivity index (χ0) is 18.4. The van der Waals surface area contributed by atoms with E-state index in [0.717, 1.165) is 37.7 Å². The van der Waals surface area contributed by atoms with Crippen LogP contribution in [-0.4, -0.2) is 38.3 Å². The van der Waals surface area contributed by atoms with E-state index in [4.69, 9.17) is 21.1 Å². The first kappa shape index (κ1) is 18.5. The van der Waals surface area contributed by atoms with Gasteiger partial charge in [-0.2, -0.15) is 0 Å². The zero-order valence-corrected chi connectivity index (χ0v) is 15.5. The van der Waals surface area contributed by atoms with Crippen LogP contribution in [0.25, 0.3) is 0 Å². The Morgan fingerprint density at radius 2 is 1.96 bits per heavy atom. The molecule has 3 rings (SSSR count). The number of benzene rings is 2. The number of nitrogens with zero attached hydrogens (tertiary/aromatic N) is 1. The van der Waals surface area contributed by atoms with Crippen LogP contribution in [0.5, 0.6) is 5.75 Å². The molecule has 2 aromatic rings. The standard InChI is InChI=1S/C20H23ClN2O3/c1-2-19(26-18-5-3-4-15(21)14-18)20(24)22-16-6-8-17(9-7-16)23-10-12-25-13-11-23/h3-9,14,19H,2,10-13H2,1H3,(H,22,24). The highest BCUT2D eigenvalue weighted by Crippen LogP contribution is 2.21. The van der Waals surface area contributed by atoms with Crippen molar-refractivity contribution < 1.29 is 14.3 Å². The Kier molecular flexibility index (Phi) is 6.36. The maximum absolute atomic E-state index is 12.5. The van der Waals surface area contributed by atoms with Crippen LogP contribution >= 0.6 is 11.6 Å². The molecule has 138 valence electrons. The summed E-state index contributed by atoms with van der Waals surface area (Å²) in [5.74, 6) is 0.411. The summed E-state index contributed by atoms with van der Waals surface area (Å²) in [5.41, 5.74) is 1.88. The van der Waals surface area contributed by atoms with Crippen LogP contribution in [0.2, 0.25) is 5.02 Å². The van der Waals surface area contributed by atoms with Crippen molar-refractivity contribution in [1.82, 2.24) is 0 Å². The van der Waals surface area contributed by atoms with Gasteiger partial charge in [-0.1, -0.05) is 24.6 Å². The summed E-state index contributed by atoms with van der Waals surface area (Å²) < 4.78 is 11.2. The molecule has 26 heavy (non-hydrogen) atoms. The lowest BCUT2D eigenvalue weighted by molar-refractivity contribution is -0.122. The molecule has 1 atom stereocenters. The minimum atomic E-state index is -0.576. The number of ether oxygens (including phenoxy) is 2. The van der Waals surface area contributed by atoms with E-state index in [1.54, 1.807) is 24.3 Å². The molecule has 0 saturated carbocycles. The maximum atomic E-state index is 12.5. The average Bonchev–Trinajstić information content (AvgIpc) is 2.67. The molecule has 2 aromatic carbocycles. The second-order valence-electron chi connectivity index (χ2n) is 6.11. The van der Waals surface area contributed by atoms with Gasteiger partial charge in [-0.25, -0.2) is 0 Å². The Morgan fingerprint density at radius 1 is 1.23 bits per heavy atom. The minimum absolute atomic E-state index is 0.174. The van der Waals surface area contributed by atoms with Crippen LogP contribution in [0.15, 0.2) is 48.5 Å². The Morgan fingerprint density at radius 3 is 2.62 bits per heavy atom. The van der Waals surface area contributed by atoms with E-state index in [9.17, 15) is 4.79 Å². The average molecular weight is 375 g/mol. The molecule has 1 N–H and O–H groups in total. The van der Waals surface area contributed by atoms with Gasteiger partial charge in [-0.05, 0) is 48.9 Å². The zero-order valence-electron chi connectivity index (χ0n) is 14.8. The molecule has 0 radical (unpaired) electrons. The van der Waals surface area contributed by atoms with Crippen molar-refractivity contribution in [2.24, 2.45) is 0 Å². The van der Waals surface area contributed by atoms with Crippen molar-refractivity contribution >= 4 is 28.9 Å². The van der Waals surface area contributed by atoms with Crippen molar-refractivity contribution in [3.05, 3.63) is 53.6 Å². The molecule has 0 spiro atoms. The van der Waals surface area contributed by atoms with Gasteiger partial charge in [0.1, 0.15) is 5.75 Å². The number of anilines is 2. The number of carbonyl (C=O) groups is 1. The second kappa shape index (κ2) is 8.92. The lowest BCUT2D eigenvalue weighted by atomic mass is 10.2. The van der Waals surface area contributed by atoms with Gasteiger partial charge in [-0.3, -0.25) is 4.79 Å². The predicted octanol–water partition coefficient (Wildman–Crippen LogP) is 3.97. The fraction of sp³-hybridized carbons (Fsp3) is 0.350. The molecule has 1 heterocycles. The molecule has 1 saturated heterocycles. The Balaban J connectivity index is 1.60. The van der Waals surface area contributed by atoms with Crippen molar-refractivity contribution in [3.63, 3.8) is 0 Å². The number of rotatable bonds is 6. The van der Waals surface area contributed by atoms with Gasteiger partial charge < -0.3 is 19.7 Å². The number of carbonyl (C=O) groups excluding carboxylic acids is 1. The number of halogens is 1. The number of hydrogen-bond acceptors (Lipinski definition) is 4. The Hall–Kier alpha value is -2.24. The highest BCUT2D eigenvalue weighted by molar-refractivity contribution is 6.30. The van der Waals surface area contributed by atoms with Crippen molar-refractivity contribution in [1.29, 1.82) is 0 Å². The van der Waals surface area contributed by atoms with E-state index in [1.807, 2.05) is 31.2 Å². The lowest BCUT2D eigenvalue weighted by Gasteiger charge is -2.29. The molecule has 1 unspecified atom stereocenters. The summed E-state index contributed by atoms with van der Waals surface area (Å²) >= 11 is 5.97. The molecular formula is C20H23ClN2O3. The maximum Gasteiger partial charge on any atom is 0.265 e. The first-order valence-corrected chi connectivity index (χ1v) is 9.19. The molecule has 5 nitrogen and oxygen atoms in total. The van der Waals surface area contributed by atoms with Crippen LogP contribution in [0.3, 0.4) is 0 Å². The first-order chi connectivity index (χ1) is 12.7. The van der Waals surface area contributed by atoms with E-state index in [-0.39, 0.29) is 5.91 Å². The molecule has 0 aliphatic carbocycles. The van der Waals surface area contributed by atoms with Crippen molar-refractivity contribution in [2.75, 3.05) is 36.5 Å². The molecule has 6 heteroatoms. The van der Waals surface area contributed by atoms with Crippen LogP contribution in [0.4, 0.5) is 11.4 Å². The first-order valence-electron chi connectivity index (χ1n) is 8.81. The quantitative estimate of drug-likeness (QED) is 0.831. The molecule has 1 fully saturated rings. The topological polar surface area (TPSA) is 50.8 Å². The highest BCUT2D eigenvalue weighted by atomic mass is 35.5. The van der Waals surface area contributed by atoms with Gasteiger partial charge in [0.2, 0.25) is 0 Å². The lowest BCUT2D eigenvalue weighted by Crippen LogP contribution is -2.36. The third kappa shape index (κ3) is 4.90. The number of amides is 1. The van der Waals surface area contributed by atoms with Gasteiger partial charge >= 0.3 is 0 Å². The summed E-state index contributed by atoms with van der Waals surface area (Å²) in [6.45, 7) is 5.18. The fourth-order valence-electron chi connectivity index (χ4n) is 2.83. The van der Waals surface area contributed by atoms with Crippen molar-refractivity contribution in [3.8, 4) is 5.75 Å². The van der Waals surface area contributed by atoms with Gasteiger partial charge in [0.25, 0.3) is 5.91 Å². The SMILES string of the molecule is CCC(Oc1cccc(Cl)c1)C(=O)Nc1ccc(N2CCOCC2)cc1. The van der Waals surface area contributed by atoms with E-state index in [0.29, 0.717) is 17.2 Å². The molecule has 1 amide bonds. The summed E-state index contributed by atoms with van der Waals surface area (Å²) in [7, 11) is 0. The number of morpholine rings is 1. The van der Waals surface area contributed by atoms with Gasteiger partial charge in [-0.15, -0.1) is 0 Å². The number of nitrogens with one attached hydrogen (secondary N) is 1. The van der Waals surface area contributed by atoms with E-state index in [2.05, 4.69) is 10.2 Å². The minimum Gasteiger partial charge on any atom is -0.481 e. The summed E-state index contributed by atoms with van der Waals surface area (Å²) in [6.07, 6.45) is -0.0168. The van der Waals surface area contributed by atoms with Gasteiger partial charge in [0, 0.05) is 29.5 Å². The molecule has 0 aromatic heterocycles. The number of hydrogen-bond donors (Lipinski definition) is 1. The van der Waals surface area contributed by atoms with Crippen LogP contribution < -0.4 is 15.0 Å². The third-order valence-electron chi connectivity index (χ3n) is 4.25. The molecule has 0 bridgehead atoms. The van der Waals surface area contributed by atoms with Gasteiger partial charge in [0.05, 0.1) is 13.2 Å². The Bertz CT molecular complexity index is 730. The van der Waals surface area contributed by atoms with Crippen molar-refractivity contribution in [2.45, 2.75) is 19.4 Å². The van der Waals surface area contributed by atoms with Crippen LogP contribution in [0, 0.1) is 0 Å². The molecular weight excluding hydrogens is 352 g/mol. The monoisotopic (exact) mass is 374 g/mol. The van der Waals surface area contributed by atoms with Gasteiger partial charge in [0.15, 0.2) is 6.10 Å². The smallest absolute Gasteiger partial charge is 0.265 e. The summed E-state index contributed by atoms with van der Waals surface area (Å²) in [4.78, 5) is 14.8. The fourth-order valence-corrected chi connectivity index (χ4v) is 3.01. The summed E-state index contributed by atoms with van der Waals surface area (Å²) in [5, 5.41) is 3.50. The molecule has 1 aliphatic rings. The summed E-state index contributed by atoms with van der Waals surface area (Å²) in [6, 6.07) is 14.9. The van der Waals surface area contributed by atoms with E-state index in [1.165, 1.54) is 0 Å². The normalized spacial score (nSPS) is 15.4. The highest BCUT2D eigenvalue weighted by Gasteiger charge is 2.19. The molecule has 1 aliphatic heterocycles. The predicted molar refractivity (Wildman–Crippen MR) is 104 cm³/mol. The largest absolute Gasteiger partial charge is 0.481 e. The Labute approximate surface area is 158 Å². The van der Waals surface area contributed by atoms with Crippen LogP contribution in [0.1, 0.15) is 13.3 Å².